The van der Waals surface area contributed by atoms with Gasteiger partial charge in [0.15, 0.2) is 0 Å². The molecule has 7 nitrogen and oxygen atoms in total. The molecule has 168 valence electrons. The Hall–Kier alpha value is -2.97. The van der Waals surface area contributed by atoms with E-state index in [0.29, 0.717) is 43.6 Å². The predicted octanol–water partition coefficient (Wildman–Crippen LogP) is 3.62. The molecule has 2 heterocycles. The normalized spacial score (nSPS) is 15.0. The molecule has 0 aliphatic carbocycles. The highest BCUT2D eigenvalue weighted by atomic mass is 32.2. The van der Waals surface area contributed by atoms with Gasteiger partial charge in [0.2, 0.25) is 16.0 Å². The van der Waals surface area contributed by atoms with Crippen LogP contribution in [0, 0.1) is 0 Å². The van der Waals surface area contributed by atoms with Crippen molar-refractivity contribution in [2.45, 2.75) is 25.2 Å². The van der Waals surface area contributed by atoms with Crippen molar-refractivity contribution in [2.75, 3.05) is 37.7 Å². The summed E-state index contributed by atoms with van der Waals surface area (Å²) < 4.78 is 33.1. The van der Waals surface area contributed by atoms with Gasteiger partial charge in [0.25, 0.3) is 0 Å². The molecule has 32 heavy (non-hydrogen) atoms. The fourth-order valence-corrected chi connectivity index (χ4v) is 5.15. The molecule has 3 aromatic rings. The first kappa shape index (κ1) is 22.2. The maximum Gasteiger partial charge on any atom is 0.243 e. The fourth-order valence-electron chi connectivity index (χ4n) is 3.72. The van der Waals surface area contributed by atoms with E-state index in [0.717, 1.165) is 29.0 Å². The van der Waals surface area contributed by atoms with Gasteiger partial charge in [0.1, 0.15) is 5.75 Å². The number of ether oxygens (including phenoxy) is 1. The molecule has 0 atom stereocenters. The van der Waals surface area contributed by atoms with Crippen LogP contribution >= 0.6 is 0 Å². The van der Waals surface area contributed by atoms with E-state index in [1.54, 1.807) is 22.6 Å². The Kier molecular flexibility index (Phi) is 6.72. The van der Waals surface area contributed by atoms with Gasteiger partial charge in [0, 0.05) is 37.9 Å². The lowest BCUT2D eigenvalue weighted by atomic mass is 10.1. The summed E-state index contributed by atoms with van der Waals surface area (Å²) in [7, 11) is -3.50. The minimum atomic E-state index is -3.50. The van der Waals surface area contributed by atoms with Crippen LogP contribution in [0.1, 0.15) is 19.4 Å². The number of nitrogens with zero attached hydrogens (tertiary/aromatic N) is 4. The zero-order valence-corrected chi connectivity index (χ0v) is 19.3. The van der Waals surface area contributed by atoms with Crippen LogP contribution < -0.4 is 9.64 Å². The summed E-state index contributed by atoms with van der Waals surface area (Å²) in [6.07, 6.45) is 2.63. The third-order valence-corrected chi connectivity index (χ3v) is 7.51. The predicted molar refractivity (Wildman–Crippen MR) is 125 cm³/mol. The van der Waals surface area contributed by atoms with Crippen LogP contribution in [-0.4, -0.2) is 55.5 Å². The summed E-state index contributed by atoms with van der Waals surface area (Å²) in [5, 5.41) is 0. The average molecular weight is 453 g/mol. The second-order valence-electron chi connectivity index (χ2n) is 7.59. The lowest BCUT2D eigenvalue weighted by Crippen LogP contribution is -2.49. The highest BCUT2D eigenvalue weighted by molar-refractivity contribution is 7.89. The quantitative estimate of drug-likeness (QED) is 0.545. The molecule has 0 radical (unpaired) electrons. The van der Waals surface area contributed by atoms with E-state index in [-0.39, 0.29) is 0 Å². The van der Waals surface area contributed by atoms with E-state index in [1.165, 1.54) is 0 Å². The van der Waals surface area contributed by atoms with Gasteiger partial charge < -0.3 is 9.64 Å². The van der Waals surface area contributed by atoms with Crippen molar-refractivity contribution in [1.29, 1.82) is 0 Å². The van der Waals surface area contributed by atoms with E-state index < -0.39 is 10.0 Å². The number of aromatic nitrogens is 2. The number of rotatable bonds is 7. The SMILES string of the molecule is CCOc1ccc(-c2ccnc(N3CCN(S(=O)(=O)c4ccc(CC)cc4)CC3)n2)cc1. The molecule has 1 aliphatic rings. The first-order valence-corrected chi connectivity index (χ1v) is 12.4. The van der Waals surface area contributed by atoms with Crippen LogP contribution in [0.5, 0.6) is 5.75 Å². The second kappa shape index (κ2) is 9.67. The maximum absolute atomic E-state index is 13.0. The number of sulfonamides is 1. The fraction of sp³-hybridized carbons (Fsp3) is 0.333. The van der Waals surface area contributed by atoms with Crippen LogP contribution in [0.4, 0.5) is 5.95 Å². The van der Waals surface area contributed by atoms with Gasteiger partial charge >= 0.3 is 0 Å². The summed E-state index contributed by atoms with van der Waals surface area (Å²) >= 11 is 0. The van der Waals surface area contributed by atoms with Crippen molar-refractivity contribution in [3.05, 3.63) is 66.4 Å². The molecular weight excluding hydrogens is 424 g/mol. The number of benzene rings is 2. The molecule has 0 unspecified atom stereocenters. The van der Waals surface area contributed by atoms with Crippen molar-refractivity contribution >= 4 is 16.0 Å². The molecular formula is C24H28N4O3S. The van der Waals surface area contributed by atoms with E-state index in [2.05, 4.69) is 11.9 Å². The molecule has 1 aromatic heterocycles. The summed E-state index contributed by atoms with van der Waals surface area (Å²) in [4.78, 5) is 11.5. The van der Waals surface area contributed by atoms with Crippen LogP contribution in [-0.2, 0) is 16.4 Å². The summed E-state index contributed by atoms with van der Waals surface area (Å²) in [5.41, 5.74) is 2.93. The van der Waals surface area contributed by atoms with E-state index in [4.69, 9.17) is 9.72 Å². The molecule has 1 saturated heterocycles. The van der Waals surface area contributed by atoms with Gasteiger partial charge in [-0.1, -0.05) is 19.1 Å². The molecule has 0 amide bonds. The van der Waals surface area contributed by atoms with Crippen LogP contribution in [0.15, 0.2) is 65.7 Å². The Bertz CT molecular complexity index is 1140. The Balaban J connectivity index is 1.44. The van der Waals surface area contributed by atoms with Crippen molar-refractivity contribution in [3.63, 3.8) is 0 Å². The van der Waals surface area contributed by atoms with Gasteiger partial charge in [-0.05, 0) is 61.4 Å². The van der Waals surface area contributed by atoms with Gasteiger partial charge in [0.05, 0.1) is 17.2 Å². The van der Waals surface area contributed by atoms with Crippen LogP contribution in [0.25, 0.3) is 11.3 Å². The summed E-state index contributed by atoms with van der Waals surface area (Å²) in [5.74, 6) is 1.44. The third kappa shape index (κ3) is 4.76. The molecule has 0 saturated carbocycles. The number of piperazine rings is 1. The third-order valence-electron chi connectivity index (χ3n) is 5.59. The Labute approximate surface area is 189 Å². The minimum Gasteiger partial charge on any atom is -0.494 e. The maximum atomic E-state index is 13.0. The molecule has 2 aromatic carbocycles. The number of aryl methyl sites for hydroxylation is 1. The van der Waals surface area contributed by atoms with E-state index >= 15 is 0 Å². The first-order chi connectivity index (χ1) is 15.5. The number of hydrogen-bond donors (Lipinski definition) is 0. The monoisotopic (exact) mass is 452 g/mol. The molecule has 0 bridgehead atoms. The molecule has 0 spiro atoms. The van der Waals surface area contributed by atoms with Gasteiger partial charge in [-0.3, -0.25) is 0 Å². The summed E-state index contributed by atoms with van der Waals surface area (Å²) in [6.45, 7) is 6.51. The highest BCUT2D eigenvalue weighted by Crippen LogP contribution is 2.24. The van der Waals surface area contributed by atoms with Crippen LogP contribution in [0.3, 0.4) is 0 Å². The van der Waals surface area contributed by atoms with Crippen molar-refractivity contribution in [2.24, 2.45) is 0 Å². The number of anilines is 1. The molecule has 4 rings (SSSR count). The molecule has 1 fully saturated rings. The lowest BCUT2D eigenvalue weighted by Gasteiger charge is -2.34. The smallest absolute Gasteiger partial charge is 0.243 e. The highest BCUT2D eigenvalue weighted by Gasteiger charge is 2.29. The Morgan fingerprint density at radius 2 is 1.59 bits per heavy atom. The Morgan fingerprint density at radius 1 is 0.906 bits per heavy atom. The van der Waals surface area contributed by atoms with Gasteiger partial charge in [-0.15, -0.1) is 0 Å². The average Bonchev–Trinajstić information content (AvgIpc) is 2.85. The zero-order valence-electron chi connectivity index (χ0n) is 18.4. The lowest BCUT2D eigenvalue weighted by molar-refractivity contribution is 0.340. The van der Waals surface area contributed by atoms with Crippen molar-refractivity contribution < 1.29 is 13.2 Å². The van der Waals surface area contributed by atoms with Gasteiger partial charge in [-0.2, -0.15) is 4.31 Å². The summed E-state index contributed by atoms with van der Waals surface area (Å²) in [6, 6.07) is 16.8. The van der Waals surface area contributed by atoms with E-state index in [9.17, 15) is 8.42 Å². The largest absolute Gasteiger partial charge is 0.494 e. The van der Waals surface area contributed by atoms with E-state index in [1.807, 2.05) is 54.3 Å². The van der Waals surface area contributed by atoms with Gasteiger partial charge in [-0.25, -0.2) is 18.4 Å². The molecule has 1 aliphatic heterocycles. The van der Waals surface area contributed by atoms with Crippen molar-refractivity contribution in [1.82, 2.24) is 14.3 Å². The Morgan fingerprint density at radius 3 is 2.22 bits per heavy atom. The topological polar surface area (TPSA) is 75.6 Å². The zero-order chi connectivity index (χ0) is 22.6. The number of hydrogen-bond acceptors (Lipinski definition) is 6. The second-order valence-corrected chi connectivity index (χ2v) is 9.53. The first-order valence-electron chi connectivity index (χ1n) is 10.9. The standard InChI is InChI=1S/C24H28N4O3S/c1-3-19-5-11-22(12-6-19)32(29,30)28-17-15-27(16-18-28)24-25-14-13-23(26-24)20-7-9-21(10-8-20)31-4-2/h5-14H,3-4,15-18H2,1-2H3. The molecule has 8 heteroatoms. The minimum absolute atomic E-state index is 0.344. The van der Waals surface area contributed by atoms with Crippen molar-refractivity contribution in [3.8, 4) is 17.0 Å². The van der Waals surface area contributed by atoms with Crippen LogP contribution in [0.2, 0.25) is 0 Å². The molecule has 0 N–H and O–H groups in total.